The van der Waals surface area contributed by atoms with Gasteiger partial charge in [-0.3, -0.25) is 9.59 Å². The molecule has 1 aliphatic heterocycles. The lowest BCUT2D eigenvalue weighted by molar-refractivity contribution is -0.138. The van der Waals surface area contributed by atoms with E-state index < -0.39 is 0 Å². The van der Waals surface area contributed by atoms with Gasteiger partial charge in [0.25, 0.3) is 0 Å². The van der Waals surface area contributed by atoms with Crippen molar-refractivity contribution in [3.63, 3.8) is 0 Å². The first-order valence-electron chi connectivity index (χ1n) is 9.15. The normalized spacial score (nSPS) is 19.1. The molecule has 5 heteroatoms. The van der Waals surface area contributed by atoms with Crippen LogP contribution >= 0.6 is 0 Å². The van der Waals surface area contributed by atoms with Crippen LogP contribution in [0.15, 0.2) is 6.07 Å². The Hall–Kier alpha value is -1.78. The van der Waals surface area contributed by atoms with Crippen LogP contribution in [0, 0.1) is 19.8 Å². The van der Waals surface area contributed by atoms with Crippen LogP contribution in [0.4, 0.5) is 0 Å². The minimum absolute atomic E-state index is 0.182. The van der Waals surface area contributed by atoms with Gasteiger partial charge in [-0.15, -0.1) is 0 Å². The molecule has 1 saturated carbocycles. The van der Waals surface area contributed by atoms with Crippen molar-refractivity contribution in [2.24, 2.45) is 13.0 Å². The van der Waals surface area contributed by atoms with Crippen LogP contribution in [0.1, 0.15) is 42.6 Å². The van der Waals surface area contributed by atoms with Crippen molar-refractivity contribution in [1.82, 2.24) is 14.4 Å². The first kappa shape index (κ1) is 17.1. The first-order valence-corrected chi connectivity index (χ1v) is 9.15. The summed E-state index contributed by atoms with van der Waals surface area (Å²) < 4.78 is 2.13. The third-order valence-corrected chi connectivity index (χ3v) is 5.84. The van der Waals surface area contributed by atoms with Crippen molar-refractivity contribution in [3.05, 3.63) is 23.0 Å². The molecular weight excluding hydrogens is 302 g/mol. The average molecular weight is 331 g/mol. The number of rotatable bonds is 3. The Bertz CT molecular complexity index is 631. The second-order valence-electron chi connectivity index (χ2n) is 7.32. The molecule has 1 saturated heterocycles. The highest BCUT2D eigenvalue weighted by Crippen LogP contribution is 2.28. The molecule has 1 aliphatic carbocycles. The summed E-state index contributed by atoms with van der Waals surface area (Å²) in [4.78, 5) is 29.0. The maximum absolute atomic E-state index is 12.7. The quantitative estimate of drug-likeness (QED) is 0.851. The van der Waals surface area contributed by atoms with Crippen LogP contribution in [0.25, 0.3) is 0 Å². The number of carbonyl (C=O) groups is 2. The molecule has 3 rings (SSSR count). The summed E-state index contributed by atoms with van der Waals surface area (Å²) in [5.74, 6) is 0.744. The van der Waals surface area contributed by atoms with Crippen molar-refractivity contribution in [1.29, 1.82) is 0 Å². The summed E-state index contributed by atoms with van der Waals surface area (Å²) in [7, 11) is 2.04. The van der Waals surface area contributed by atoms with Gasteiger partial charge in [-0.05, 0) is 44.7 Å². The number of aromatic nitrogens is 1. The molecule has 1 aromatic rings. The molecule has 5 nitrogen and oxygen atoms in total. The summed E-state index contributed by atoms with van der Waals surface area (Å²) in [5.41, 5.74) is 3.47. The molecule has 2 fully saturated rings. The fourth-order valence-corrected chi connectivity index (χ4v) is 3.69. The molecule has 2 heterocycles. The maximum atomic E-state index is 12.7. The van der Waals surface area contributed by atoms with E-state index >= 15 is 0 Å². The van der Waals surface area contributed by atoms with Gasteiger partial charge in [0.05, 0.1) is 6.42 Å². The van der Waals surface area contributed by atoms with Gasteiger partial charge in [-0.25, -0.2) is 0 Å². The van der Waals surface area contributed by atoms with E-state index in [0.29, 0.717) is 25.4 Å². The SMILES string of the molecule is Cc1cc(CC(=O)N2CCCN(C(=O)C3CCC3)CC2)c(C)n1C. The van der Waals surface area contributed by atoms with E-state index in [1.165, 1.54) is 12.1 Å². The molecule has 24 heavy (non-hydrogen) atoms. The number of nitrogens with zero attached hydrogens (tertiary/aromatic N) is 3. The lowest BCUT2D eigenvalue weighted by atomic mass is 9.84. The van der Waals surface area contributed by atoms with Crippen LogP contribution in [0.5, 0.6) is 0 Å². The van der Waals surface area contributed by atoms with Gasteiger partial charge < -0.3 is 14.4 Å². The molecule has 0 unspecified atom stereocenters. The molecule has 0 bridgehead atoms. The van der Waals surface area contributed by atoms with Crippen LogP contribution < -0.4 is 0 Å². The second-order valence-corrected chi connectivity index (χ2v) is 7.32. The Labute approximate surface area is 144 Å². The van der Waals surface area contributed by atoms with E-state index in [2.05, 4.69) is 24.5 Å². The topological polar surface area (TPSA) is 45.6 Å². The second kappa shape index (κ2) is 6.99. The number of hydrogen-bond acceptors (Lipinski definition) is 2. The summed E-state index contributed by atoms with van der Waals surface area (Å²) in [6.07, 6.45) is 4.63. The minimum atomic E-state index is 0.182. The van der Waals surface area contributed by atoms with Gasteiger partial charge in [0.15, 0.2) is 0 Å². The summed E-state index contributed by atoms with van der Waals surface area (Å²) in [5, 5.41) is 0. The van der Waals surface area contributed by atoms with Crippen molar-refractivity contribution >= 4 is 11.8 Å². The lowest BCUT2D eigenvalue weighted by Gasteiger charge is -2.31. The van der Waals surface area contributed by atoms with Gasteiger partial charge in [-0.1, -0.05) is 6.42 Å². The Balaban J connectivity index is 1.58. The van der Waals surface area contributed by atoms with Crippen molar-refractivity contribution in [2.45, 2.75) is 46.0 Å². The van der Waals surface area contributed by atoms with E-state index in [-0.39, 0.29) is 11.8 Å². The largest absolute Gasteiger partial charge is 0.352 e. The summed E-state index contributed by atoms with van der Waals surface area (Å²) in [6.45, 7) is 7.05. The smallest absolute Gasteiger partial charge is 0.227 e. The maximum Gasteiger partial charge on any atom is 0.227 e. The van der Waals surface area contributed by atoms with Crippen molar-refractivity contribution in [2.75, 3.05) is 26.2 Å². The Morgan fingerprint density at radius 2 is 1.71 bits per heavy atom. The predicted molar refractivity (Wildman–Crippen MR) is 93.7 cm³/mol. The molecule has 0 radical (unpaired) electrons. The minimum Gasteiger partial charge on any atom is -0.352 e. The van der Waals surface area contributed by atoms with Gasteiger partial charge in [-0.2, -0.15) is 0 Å². The zero-order valence-electron chi connectivity index (χ0n) is 15.2. The molecule has 0 spiro atoms. The first-order chi connectivity index (χ1) is 11.5. The fourth-order valence-electron chi connectivity index (χ4n) is 3.69. The van der Waals surface area contributed by atoms with Crippen LogP contribution in [0.2, 0.25) is 0 Å². The molecule has 0 aromatic carbocycles. The van der Waals surface area contributed by atoms with E-state index in [4.69, 9.17) is 0 Å². The van der Waals surface area contributed by atoms with Crippen molar-refractivity contribution in [3.8, 4) is 0 Å². The molecule has 0 atom stereocenters. The number of aryl methyl sites for hydroxylation is 1. The highest BCUT2D eigenvalue weighted by atomic mass is 16.2. The van der Waals surface area contributed by atoms with Gasteiger partial charge in [0.2, 0.25) is 11.8 Å². The third-order valence-electron chi connectivity index (χ3n) is 5.84. The van der Waals surface area contributed by atoms with Gasteiger partial charge in [0.1, 0.15) is 0 Å². The van der Waals surface area contributed by atoms with E-state index in [1.54, 1.807) is 0 Å². The molecule has 1 aromatic heterocycles. The molecule has 2 amide bonds. The zero-order valence-corrected chi connectivity index (χ0v) is 15.2. The monoisotopic (exact) mass is 331 g/mol. The number of hydrogen-bond donors (Lipinski definition) is 0. The zero-order chi connectivity index (χ0) is 17.3. The van der Waals surface area contributed by atoms with Crippen molar-refractivity contribution < 1.29 is 9.59 Å². The molecular formula is C19H29N3O2. The van der Waals surface area contributed by atoms with Crippen LogP contribution in [-0.2, 0) is 23.1 Å². The highest BCUT2D eigenvalue weighted by molar-refractivity contribution is 5.81. The standard InChI is InChI=1S/C19H29N3O2/c1-14-12-17(15(2)20(14)3)13-18(23)21-8-5-9-22(11-10-21)19(24)16-6-4-7-16/h12,16H,4-11,13H2,1-3H3. The lowest BCUT2D eigenvalue weighted by Crippen LogP contribution is -2.41. The fraction of sp³-hybridized carbons (Fsp3) is 0.684. The van der Waals surface area contributed by atoms with E-state index in [1.807, 2.05) is 16.8 Å². The Kier molecular flexibility index (Phi) is 4.97. The van der Waals surface area contributed by atoms with Crippen LogP contribution in [-0.4, -0.2) is 52.4 Å². The number of amides is 2. The Morgan fingerprint density at radius 1 is 1.04 bits per heavy atom. The van der Waals surface area contributed by atoms with Gasteiger partial charge in [0, 0.05) is 50.5 Å². The van der Waals surface area contributed by atoms with E-state index in [0.717, 1.165) is 43.6 Å². The third kappa shape index (κ3) is 3.35. The Morgan fingerprint density at radius 3 is 2.29 bits per heavy atom. The predicted octanol–water partition coefficient (Wildman–Crippen LogP) is 2.05. The summed E-state index contributed by atoms with van der Waals surface area (Å²) in [6, 6.07) is 2.11. The highest BCUT2D eigenvalue weighted by Gasteiger charge is 2.31. The molecule has 0 N–H and O–H groups in total. The van der Waals surface area contributed by atoms with Gasteiger partial charge >= 0.3 is 0 Å². The average Bonchev–Trinajstić information content (AvgIpc) is 2.72. The molecule has 2 aliphatic rings. The number of carbonyl (C=O) groups excluding carboxylic acids is 2. The molecule has 132 valence electrons. The summed E-state index contributed by atoms with van der Waals surface area (Å²) >= 11 is 0. The van der Waals surface area contributed by atoms with Crippen LogP contribution in [0.3, 0.4) is 0 Å². The van der Waals surface area contributed by atoms with E-state index in [9.17, 15) is 9.59 Å².